The lowest BCUT2D eigenvalue weighted by molar-refractivity contribution is -0.124. The first-order valence-corrected chi connectivity index (χ1v) is 9.32. The zero-order valence-electron chi connectivity index (χ0n) is 15.1. The number of carbonyl (C=O) groups excluding carboxylic acids is 2. The number of methoxy groups -OCH3 is 1. The number of thioether (sulfide) groups is 1. The second kappa shape index (κ2) is 9.73. The van der Waals surface area contributed by atoms with Gasteiger partial charge in [0.1, 0.15) is 17.7 Å². The van der Waals surface area contributed by atoms with Gasteiger partial charge in [-0.05, 0) is 6.07 Å². The van der Waals surface area contributed by atoms with Crippen molar-refractivity contribution < 1.29 is 44.0 Å². The van der Waals surface area contributed by atoms with Crippen LogP contribution in [-0.4, -0.2) is 64.6 Å². The SMILES string of the molecule is COc1cc(O)c2c(c1)C(=O)O[C@H](NC(=O)O)CC(=O)N[C@H](NC(=O)O)CSC2. The maximum atomic E-state index is 12.6. The van der Waals surface area contributed by atoms with E-state index in [1.54, 1.807) is 0 Å². The van der Waals surface area contributed by atoms with Crippen molar-refractivity contribution >= 4 is 35.8 Å². The van der Waals surface area contributed by atoms with Crippen molar-refractivity contribution in [3.05, 3.63) is 23.3 Å². The Bertz CT molecular complexity index is 817. The van der Waals surface area contributed by atoms with E-state index in [9.17, 15) is 24.3 Å². The van der Waals surface area contributed by atoms with Crippen LogP contribution in [0, 0.1) is 0 Å². The van der Waals surface area contributed by atoms with Crippen LogP contribution in [0.2, 0.25) is 0 Å². The Kier molecular flexibility index (Phi) is 7.36. The maximum absolute atomic E-state index is 12.6. The van der Waals surface area contributed by atoms with E-state index in [-0.39, 0.29) is 34.1 Å². The van der Waals surface area contributed by atoms with E-state index >= 15 is 0 Å². The number of phenols is 1. The zero-order valence-corrected chi connectivity index (χ0v) is 15.9. The minimum atomic E-state index is -1.54. The van der Waals surface area contributed by atoms with E-state index in [1.807, 2.05) is 5.32 Å². The molecule has 2 rings (SSSR count). The number of fused-ring (bicyclic) bond motifs is 1. The summed E-state index contributed by atoms with van der Waals surface area (Å²) in [4.78, 5) is 46.7. The number of ether oxygens (including phenoxy) is 2. The van der Waals surface area contributed by atoms with Gasteiger partial charge in [-0.15, -0.1) is 0 Å². The van der Waals surface area contributed by atoms with Gasteiger partial charge in [-0.3, -0.25) is 10.1 Å². The van der Waals surface area contributed by atoms with Crippen molar-refractivity contribution in [3.8, 4) is 11.5 Å². The summed E-state index contributed by atoms with van der Waals surface area (Å²) in [5.41, 5.74) is 0.117. The lowest BCUT2D eigenvalue weighted by Gasteiger charge is -2.23. The van der Waals surface area contributed by atoms with E-state index in [0.29, 0.717) is 0 Å². The highest BCUT2D eigenvalue weighted by Crippen LogP contribution is 2.32. The van der Waals surface area contributed by atoms with Gasteiger partial charge < -0.3 is 35.4 Å². The third kappa shape index (κ3) is 6.34. The molecule has 0 fully saturated rings. The first kappa shape index (κ1) is 21.9. The first-order chi connectivity index (χ1) is 13.7. The molecule has 1 aliphatic rings. The van der Waals surface area contributed by atoms with Crippen LogP contribution in [0.3, 0.4) is 0 Å². The highest BCUT2D eigenvalue weighted by molar-refractivity contribution is 7.98. The Balaban J connectivity index is 2.41. The molecule has 0 spiro atoms. The van der Waals surface area contributed by atoms with E-state index in [1.165, 1.54) is 19.2 Å². The quantitative estimate of drug-likeness (QED) is 0.370. The third-order valence-corrected chi connectivity index (χ3v) is 4.79. The molecule has 29 heavy (non-hydrogen) atoms. The summed E-state index contributed by atoms with van der Waals surface area (Å²) in [6.07, 6.45) is -6.03. The van der Waals surface area contributed by atoms with Gasteiger partial charge in [-0.1, -0.05) is 0 Å². The van der Waals surface area contributed by atoms with Crippen LogP contribution in [0.1, 0.15) is 22.3 Å². The highest BCUT2D eigenvalue weighted by atomic mass is 32.2. The van der Waals surface area contributed by atoms with Crippen LogP contribution >= 0.6 is 11.8 Å². The van der Waals surface area contributed by atoms with Crippen molar-refractivity contribution in [2.75, 3.05) is 12.9 Å². The first-order valence-electron chi connectivity index (χ1n) is 8.16. The largest absolute Gasteiger partial charge is 0.507 e. The number of hydrogen-bond donors (Lipinski definition) is 6. The van der Waals surface area contributed by atoms with Gasteiger partial charge in [0, 0.05) is 23.1 Å². The molecule has 2 atom stereocenters. The van der Waals surface area contributed by atoms with E-state index in [0.717, 1.165) is 11.8 Å². The predicted octanol–water partition coefficient (Wildman–Crippen LogP) is 0.498. The van der Waals surface area contributed by atoms with Crippen molar-refractivity contribution in [1.82, 2.24) is 16.0 Å². The number of hydrogen-bond acceptors (Lipinski definition) is 8. The van der Waals surface area contributed by atoms with Crippen molar-refractivity contribution in [2.45, 2.75) is 24.6 Å². The molecule has 0 aliphatic carbocycles. The van der Waals surface area contributed by atoms with E-state index in [4.69, 9.17) is 19.7 Å². The van der Waals surface area contributed by atoms with E-state index < -0.39 is 42.9 Å². The monoisotopic (exact) mass is 429 g/mol. The summed E-state index contributed by atoms with van der Waals surface area (Å²) in [5, 5.41) is 34.5. The van der Waals surface area contributed by atoms with Crippen LogP contribution in [0.4, 0.5) is 9.59 Å². The van der Waals surface area contributed by atoms with E-state index in [2.05, 4.69) is 10.6 Å². The van der Waals surface area contributed by atoms with Gasteiger partial charge in [-0.25, -0.2) is 14.4 Å². The molecule has 0 saturated heterocycles. The molecule has 158 valence electrons. The topological polar surface area (TPSA) is 184 Å². The molecular weight excluding hydrogens is 410 g/mol. The van der Waals surface area contributed by atoms with Gasteiger partial charge in [0.25, 0.3) is 0 Å². The number of phenolic OH excluding ortho intramolecular Hbond substituents is 1. The summed E-state index contributed by atoms with van der Waals surface area (Å²) >= 11 is 1.14. The molecule has 3 amide bonds. The van der Waals surface area contributed by atoms with Gasteiger partial charge in [0.05, 0.1) is 19.1 Å². The minimum absolute atomic E-state index is 0.0738. The molecule has 1 aromatic carbocycles. The summed E-state index contributed by atoms with van der Waals surface area (Å²) in [6, 6.07) is 2.61. The molecule has 0 radical (unpaired) electrons. The van der Waals surface area contributed by atoms with Crippen LogP contribution in [0.25, 0.3) is 0 Å². The lowest BCUT2D eigenvalue weighted by Crippen LogP contribution is -2.51. The lowest BCUT2D eigenvalue weighted by atomic mass is 10.1. The molecule has 0 saturated carbocycles. The van der Waals surface area contributed by atoms with Crippen LogP contribution in [-0.2, 0) is 15.3 Å². The van der Waals surface area contributed by atoms with Crippen LogP contribution in [0.5, 0.6) is 11.5 Å². The number of aromatic hydroxyl groups is 1. The number of carboxylic acid groups (broad SMARTS) is 2. The average molecular weight is 429 g/mol. The van der Waals surface area contributed by atoms with Crippen LogP contribution < -0.4 is 20.7 Å². The number of rotatable bonds is 3. The van der Waals surface area contributed by atoms with Gasteiger partial charge >= 0.3 is 18.2 Å². The maximum Gasteiger partial charge on any atom is 0.407 e. The number of benzene rings is 1. The number of carbonyl (C=O) groups is 4. The van der Waals surface area contributed by atoms with Crippen molar-refractivity contribution in [3.63, 3.8) is 0 Å². The molecule has 1 aliphatic heterocycles. The molecular formula is C16H19N3O9S. The Labute approximate surface area is 168 Å². The Morgan fingerprint density at radius 3 is 2.55 bits per heavy atom. The highest BCUT2D eigenvalue weighted by Gasteiger charge is 2.27. The fourth-order valence-electron chi connectivity index (χ4n) is 2.50. The second-order valence-electron chi connectivity index (χ2n) is 5.80. The molecule has 1 heterocycles. The number of amides is 3. The molecule has 0 aromatic heterocycles. The molecule has 1 aromatic rings. The number of esters is 1. The standard InChI is InChI=1S/C16H19N3O9S/c1-27-7-2-8-9(10(20)3-7)5-29-6-11(18-15(23)24)17-12(21)4-13(19-16(25)26)28-14(8)22/h2-3,11,13,18-20H,4-6H2,1H3,(H,17,21)(H,23,24)(H,25,26)/t11-,13+/m1/s1. The zero-order chi connectivity index (χ0) is 21.6. The van der Waals surface area contributed by atoms with Crippen molar-refractivity contribution in [2.24, 2.45) is 0 Å². The summed E-state index contributed by atoms with van der Waals surface area (Å²) in [7, 11) is 1.33. The predicted molar refractivity (Wildman–Crippen MR) is 98.9 cm³/mol. The Hall–Kier alpha value is -3.35. The fraction of sp³-hybridized carbons (Fsp3) is 0.375. The molecule has 0 bridgehead atoms. The summed E-state index contributed by atoms with van der Waals surface area (Å²) in [5.74, 6) is -1.65. The Morgan fingerprint density at radius 2 is 1.93 bits per heavy atom. The average Bonchev–Trinajstić information content (AvgIpc) is 2.60. The van der Waals surface area contributed by atoms with Crippen LogP contribution in [0.15, 0.2) is 12.1 Å². The smallest absolute Gasteiger partial charge is 0.407 e. The summed E-state index contributed by atoms with van der Waals surface area (Å²) < 4.78 is 10.1. The number of cyclic esters (lactones) is 1. The summed E-state index contributed by atoms with van der Waals surface area (Å²) in [6.45, 7) is 0. The number of nitrogens with one attached hydrogen (secondary N) is 3. The molecule has 13 heteroatoms. The van der Waals surface area contributed by atoms with Gasteiger partial charge in [-0.2, -0.15) is 11.8 Å². The third-order valence-electron chi connectivity index (χ3n) is 3.72. The molecule has 12 nitrogen and oxygen atoms in total. The minimum Gasteiger partial charge on any atom is -0.507 e. The normalized spacial score (nSPS) is 20.0. The molecule has 0 unspecified atom stereocenters. The van der Waals surface area contributed by atoms with Gasteiger partial charge in [0.15, 0.2) is 6.23 Å². The van der Waals surface area contributed by atoms with Gasteiger partial charge in [0.2, 0.25) is 5.91 Å². The van der Waals surface area contributed by atoms with Crippen molar-refractivity contribution in [1.29, 1.82) is 0 Å². The fourth-order valence-corrected chi connectivity index (χ4v) is 3.53. The Morgan fingerprint density at radius 1 is 1.24 bits per heavy atom. The second-order valence-corrected chi connectivity index (χ2v) is 6.84. The molecule has 6 N–H and O–H groups in total.